The van der Waals surface area contributed by atoms with Gasteiger partial charge in [0, 0.05) is 32.6 Å². The first-order chi connectivity index (χ1) is 14.4. The van der Waals surface area contributed by atoms with Gasteiger partial charge in [0.2, 0.25) is 0 Å². The molecule has 0 radical (unpaired) electrons. The summed E-state index contributed by atoms with van der Waals surface area (Å²) in [4.78, 5) is 37.7. The molecule has 1 fully saturated rings. The Morgan fingerprint density at radius 3 is 2.40 bits per heavy atom. The van der Waals surface area contributed by atoms with Crippen molar-refractivity contribution in [1.82, 2.24) is 15.5 Å². The molecule has 1 aliphatic heterocycles. The standard InChI is InChI=1S/C21H22ClN3O5/c22-17-4-2-1-3-16(17)19(26)24-18(20(27)28)13-14-5-7-15(8-6-14)30-21(29)25-11-9-23-10-12-25/h1-8,18,23H,9-13H2,(H,24,26)(H,27,28). The number of amides is 2. The molecule has 9 heteroatoms. The zero-order valence-corrected chi connectivity index (χ0v) is 16.9. The molecule has 158 valence electrons. The highest BCUT2D eigenvalue weighted by atomic mass is 35.5. The maximum absolute atomic E-state index is 12.4. The van der Waals surface area contributed by atoms with Gasteiger partial charge in [-0.1, -0.05) is 35.9 Å². The molecule has 0 aromatic heterocycles. The normalized spacial score (nSPS) is 14.6. The Morgan fingerprint density at radius 2 is 1.77 bits per heavy atom. The van der Waals surface area contributed by atoms with Crippen LogP contribution in [0.3, 0.4) is 0 Å². The quantitative estimate of drug-likeness (QED) is 0.647. The summed E-state index contributed by atoms with van der Waals surface area (Å²) in [6.07, 6.45) is -0.350. The van der Waals surface area contributed by atoms with Crippen LogP contribution in [0.1, 0.15) is 15.9 Å². The van der Waals surface area contributed by atoms with E-state index >= 15 is 0 Å². The maximum atomic E-state index is 12.4. The van der Waals surface area contributed by atoms with Crippen molar-refractivity contribution >= 4 is 29.6 Å². The molecule has 0 aliphatic carbocycles. The summed E-state index contributed by atoms with van der Waals surface area (Å²) in [5.74, 6) is -1.35. The van der Waals surface area contributed by atoms with Gasteiger partial charge in [0.15, 0.2) is 0 Å². The Labute approximate surface area is 178 Å². The van der Waals surface area contributed by atoms with Gasteiger partial charge < -0.3 is 25.4 Å². The van der Waals surface area contributed by atoms with Crippen molar-refractivity contribution < 1.29 is 24.2 Å². The van der Waals surface area contributed by atoms with Gasteiger partial charge in [0.1, 0.15) is 11.8 Å². The van der Waals surface area contributed by atoms with E-state index in [1.807, 2.05) is 0 Å². The first-order valence-corrected chi connectivity index (χ1v) is 9.86. The van der Waals surface area contributed by atoms with Crippen LogP contribution in [-0.4, -0.2) is 60.2 Å². The summed E-state index contributed by atoms with van der Waals surface area (Å²) in [6.45, 7) is 2.62. The molecule has 0 bridgehead atoms. The smallest absolute Gasteiger partial charge is 0.415 e. The molecule has 1 unspecified atom stereocenters. The average Bonchev–Trinajstić information content (AvgIpc) is 2.75. The molecule has 2 amide bonds. The number of rotatable bonds is 6. The predicted molar refractivity (Wildman–Crippen MR) is 111 cm³/mol. The molecule has 2 aromatic carbocycles. The van der Waals surface area contributed by atoms with Crippen LogP contribution < -0.4 is 15.4 Å². The highest BCUT2D eigenvalue weighted by Crippen LogP contribution is 2.17. The van der Waals surface area contributed by atoms with Crippen LogP contribution in [-0.2, 0) is 11.2 Å². The van der Waals surface area contributed by atoms with Crippen LogP contribution >= 0.6 is 11.6 Å². The molecule has 0 spiro atoms. The first-order valence-electron chi connectivity index (χ1n) is 9.48. The summed E-state index contributed by atoms with van der Waals surface area (Å²) in [6, 6.07) is 11.8. The number of carboxylic acids is 1. The molecule has 1 heterocycles. The van der Waals surface area contributed by atoms with Crippen LogP contribution in [0.25, 0.3) is 0 Å². The van der Waals surface area contributed by atoms with Gasteiger partial charge in [0.05, 0.1) is 10.6 Å². The lowest BCUT2D eigenvalue weighted by Gasteiger charge is -2.26. The Hall–Kier alpha value is -3.10. The van der Waals surface area contributed by atoms with Gasteiger partial charge in [-0.3, -0.25) is 4.79 Å². The minimum Gasteiger partial charge on any atom is -0.480 e. The monoisotopic (exact) mass is 431 g/mol. The lowest BCUT2D eigenvalue weighted by Crippen LogP contribution is -2.47. The van der Waals surface area contributed by atoms with Crippen molar-refractivity contribution in [3.63, 3.8) is 0 Å². The third-order valence-electron chi connectivity index (χ3n) is 4.67. The summed E-state index contributed by atoms with van der Waals surface area (Å²) in [5, 5.41) is 15.4. The zero-order valence-electron chi connectivity index (χ0n) is 16.1. The topological polar surface area (TPSA) is 108 Å². The van der Waals surface area contributed by atoms with Crippen LogP contribution in [0, 0.1) is 0 Å². The minimum absolute atomic E-state index is 0.0670. The second-order valence-corrected chi connectivity index (χ2v) is 7.20. The fourth-order valence-electron chi connectivity index (χ4n) is 3.02. The third-order valence-corrected chi connectivity index (χ3v) is 5.00. The second-order valence-electron chi connectivity index (χ2n) is 6.80. The molecule has 1 atom stereocenters. The van der Waals surface area contributed by atoms with E-state index in [0.717, 1.165) is 13.1 Å². The SMILES string of the molecule is O=C(NC(Cc1ccc(OC(=O)N2CCNCC2)cc1)C(=O)O)c1ccccc1Cl. The average molecular weight is 432 g/mol. The van der Waals surface area contributed by atoms with Crippen molar-refractivity contribution in [1.29, 1.82) is 0 Å². The van der Waals surface area contributed by atoms with E-state index in [0.29, 0.717) is 24.4 Å². The van der Waals surface area contributed by atoms with Crippen molar-refractivity contribution in [2.75, 3.05) is 26.2 Å². The van der Waals surface area contributed by atoms with Gasteiger partial charge in [0.25, 0.3) is 5.91 Å². The minimum atomic E-state index is -1.16. The number of aliphatic carboxylic acids is 1. The van der Waals surface area contributed by atoms with Crippen LogP contribution in [0.15, 0.2) is 48.5 Å². The van der Waals surface area contributed by atoms with E-state index in [9.17, 15) is 19.5 Å². The lowest BCUT2D eigenvalue weighted by atomic mass is 10.1. The first kappa shape index (κ1) is 21.6. The van der Waals surface area contributed by atoms with Crippen molar-refractivity contribution in [3.05, 3.63) is 64.7 Å². The fraction of sp³-hybridized carbons (Fsp3) is 0.286. The van der Waals surface area contributed by atoms with Gasteiger partial charge in [-0.15, -0.1) is 0 Å². The molecule has 3 N–H and O–H groups in total. The molecule has 8 nitrogen and oxygen atoms in total. The largest absolute Gasteiger partial charge is 0.480 e. The molecule has 1 aliphatic rings. The number of carbonyl (C=O) groups excluding carboxylic acids is 2. The molecule has 2 aromatic rings. The number of benzene rings is 2. The van der Waals surface area contributed by atoms with Crippen LogP contribution in [0.5, 0.6) is 5.75 Å². The van der Waals surface area contributed by atoms with E-state index in [-0.39, 0.29) is 17.0 Å². The van der Waals surface area contributed by atoms with E-state index in [2.05, 4.69) is 10.6 Å². The Balaban J connectivity index is 1.60. The molecule has 3 rings (SSSR count). The highest BCUT2D eigenvalue weighted by molar-refractivity contribution is 6.33. The van der Waals surface area contributed by atoms with Gasteiger partial charge in [-0.25, -0.2) is 9.59 Å². The second kappa shape index (κ2) is 10.1. The fourth-order valence-corrected chi connectivity index (χ4v) is 3.25. The Kier molecular flexibility index (Phi) is 7.26. The summed E-state index contributed by atoms with van der Waals surface area (Å²) in [5.41, 5.74) is 0.879. The summed E-state index contributed by atoms with van der Waals surface area (Å²) in [7, 11) is 0. The number of nitrogens with one attached hydrogen (secondary N) is 2. The van der Waals surface area contributed by atoms with Crippen molar-refractivity contribution in [3.8, 4) is 5.75 Å². The van der Waals surface area contributed by atoms with Crippen LogP contribution in [0.4, 0.5) is 4.79 Å². The highest BCUT2D eigenvalue weighted by Gasteiger charge is 2.22. The number of carbonyl (C=O) groups is 3. The number of hydrogen-bond acceptors (Lipinski definition) is 5. The number of carboxylic acid groups (broad SMARTS) is 1. The van der Waals surface area contributed by atoms with Crippen molar-refractivity contribution in [2.24, 2.45) is 0 Å². The number of halogens is 1. The number of nitrogens with zero attached hydrogens (tertiary/aromatic N) is 1. The van der Waals surface area contributed by atoms with Crippen molar-refractivity contribution in [2.45, 2.75) is 12.5 Å². The predicted octanol–water partition coefficient (Wildman–Crippen LogP) is 2.17. The van der Waals surface area contributed by atoms with Crippen LogP contribution in [0.2, 0.25) is 5.02 Å². The molecular formula is C21H22ClN3O5. The summed E-state index contributed by atoms with van der Waals surface area (Å²) < 4.78 is 5.36. The summed E-state index contributed by atoms with van der Waals surface area (Å²) >= 11 is 6.00. The molecule has 1 saturated heterocycles. The van der Waals surface area contributed by atoms with E-state index < -0.39 is 24.0 Å². The number of hydrogen-bond donors (Lipinski definition) is 3. The van der Waals surface area contributed by atoms with E-state index in [1.54, 1.807) is 47.4 Å². The Morgan fingerprint density at radius 1 is 1.10 bits per heavy atom. The third kappa shape index (κ3) is 5.71. The van der Waals surface area contributed by atoms with Gasteiger partial charge >= 0.3 is 12.1 Å². The molecule has 0 saturated carbocycles. The Bertz CT molecular complexity index is 913. The van der Waals surface area contributed by atoms with E-state index in [1.165, 1.54) is 6.07 Å². The zero-order chi connectivity index (χ0) is 21.5. The molecule has 30 heavy (non-hydrogen) atoms. The number of piperazine rings is 1. The van der Waals surface area contributed by atoms with Gasteiger partial charge in [-0.2, -0.15) is 0 Å². The van der Waals surface area contributed by atoms with E-state index in [4.69, 9.17) is 16.3 Å². The van der Waals surface area contributed by atoms with Gasteiger partial charge in [-0.05, 0) is 29.8 Å². The molecular weight excluding hydrogens is 410 g/mol. The lowest BCUT2D eigenvalue weighted by molar-refractivity contribution is -0.139. The number of ether oxygens (including phenoxy) is 1. The maximum Gasteiger partial charge on any atom is 0.415 e.